The van der Waals surface area contributed by atoms with Gasteiger partial charge in [-0.25, -0.2) is 14.8 Å². The van der Waals surface area contributed by atoms with Crippen molar-refractivity contribution in [1.82, 2.24) is 15.3 Å². The molecule has 0 saturated heterocycles. The summed E-state index contributed by atoms with van der Waals surface area (Å²) in [5, 5.41) is 3.39. The van der Waals surface area contributed by atoms with E-state index >= 15 is 0 Å². The number of hydrogen-bond acceptors (Lipinski definition) is 8. The number of nitrogens with zero attached hydrogens (tertiary/aromatic N) is 4. The molecular weight excluding hydrogens is 454 g/mol. The van der Waals surface area contributed by atoms with Crippen LogP contribution >= 0.6 is 11.8 Å². The average molecular weight is 488 g/mol. The van der Waals surface area contributed by atoms with Crippen molar-refractivity contribution in [1.29, 1.82) is 0 Å². The van der Waals surface area contributed by atoms with Gasteiger partial charge in [0.15, 0.2) is 5.16 Å². The van der Waals surface area contributed by atoms with Gasteiger partial charge in [0.1, 0.15) is 17.1 Å². The Morgan fingerprint density at radius 2 is 2.06 bits per heavy atom. The standard InChI is InChI=1S/C24H33N5O4S/c1-16(10-13-32-23(31)27-24(2,3)4)33-18-9-7-8-17(14-18)29-12-11-28(5)20-19(21(29)30)15-25-22(26-20)34-6/h7-9,14-16H,10-13H2,1-6H3,(H,27,31). The molecular formula is C24H33N5O4S. The lowest BCUT2D eigenvalue weighted by atomic mass is 10.1. The first-order chi connectivity index (χ1) is 16.1. The van der Waals surface area contributed by atoms with Crippen molar-refractivity contribution >= 4 is 35.3 Å². The first-order valence-corrected chi connectivity index (χ1v) is 12.5. The highest BCUT2D eigenvalue weighted by Gasteiger charge is 2.28. The largest absolute Gasteiger partial charge is 0.491 e. The Morgan fingerprint density at radius 3 is 2.76 bits per heavy atom. The van der Waals surface area contributed by atoms with Gasteiger partial charge in [-0.15, -0.1) is 0 Å². The number of aromatic nitrogens is 2. The second kappa shape index (κ2) is 10.9. The highest BCUT2D eigenvalue weighted by atomic mass is 32.2. The van der Waals surface area contributed by atoms with Crippen molar-refractivity contribution in [2.75, 3.05) is 42.8 Å². The Kier molecular flexibility index (Phi) is 8.24. The van der Waals surface area contributed by atoms with Crippen LogP contribution < -0.4 is 19.9 Å². The summed E-state index contributed by atoms with van der Waals surface area (Å²) in [4.78, 5) is 37.7. The minimum atomic E-state index is -0.444. The van der Waals surface area contributed by atoms with Crippen LogP contribution in [0.5, 0.6) is 5.75 Å². The molecule has 2 amide bonds. The fraction of sp³-hybridized carbons (Fsp3) is 0.500. The minimum Gasteiger partial charge on any atom is -0.491 e. The molecule has 1 atom stereocenters. The molecule has 184 valence electrons. The zero-order valence-corrected chi connectivity index (χ0v) is 21.4. The quantitative estimate of drug-likeness (QED) is 0.463. The summed E-state index contributed by atoms with van der Waals surface area (Å²) in [5.74, 6) is 1.14. The number of nitrogens with one attached hydrogen (secondary N) is 1. The highest BCUT2D eigenvalue weighted by molar-refractivity contribution is 7.98. The van der Waals surface area contributed by atoms with E-state index in [0.717, 1.165) is 5.69 Å². The van der Waals surface area contributed by atoms with Gasteiger partial charge in [-0.1, -0.05) is 17.8 Å². The number of ether oxygens (including phenoxy) is 2. The SMILES string of the molecule is CSc1ncc2c(n1)N(C)CCN(c1cccc(OC(C)CCOC(=O)NC(C)(C)C)c1)C2=O. The fourth-order valence-corrected chi connectivity index (χ4v) is 3.76. The summed E-state index contributed by atoms with van der Waals surface area (Å²) >= 11 is 1.44. The van der Waals surface area contributed by atoms with E-state index in [1.54, 1.807) is 11.1 Å². The topological polar surface area (TPSA) is 96.9 Å². The summed E-state index contributed by atoms with van der Waals surface area (Å²) in [6, 6.07) is 7.45. The molecule has 10 heteroatoms. The number of amides is 2. The summed E-state index contributed by atoms with van der Waals surface area (Å²) in [6.45, 7) is 9.00. The number of thioether (sulfide) groups is 1. The van der Waals surface area contributed by atoms with E-state index in [-0.39, 0.29) is 24.2 Å². The minimum absolute atomic E-state index is 0.143. The second-order valence-corrected chi connectivity index (χ2v) is 9.97. The molecule has 1 unspecified atom stereocenters. The van der Waals surface area contributed by atoms with E-state index < -0.39 is 6.09 Å². The smallest absolute Gasteiger partial charge is 0.407 e. The predicted octanol–water partition coefficient (Wildman–Crippen LogP) is 3.98. The molecule has 3 rings (SSSR count). The van der Waals surface area contributed by atoms with Crippen molar-refractivity contribution in [3.8, 4) is 5.75 Å². The molecule has 1 aromatic heterocycles. The Morgan fingerprint density at radius 1 is 1.29 bits per heavy atom. The van der Waals surface area contributed by atoms with E-state index in [0.29, 0.717) is 41.8 Å². The van der Waals surface area contributed by atoms with Gasteiger partial charge in [-0.3, -0.25) is 4.79 Å². The molecule has 1 aliphatic rings. The fourth-order valence-electron chi connectivity index (χ4n) is 3.42. The zero-order valence-electron chi connectivity index (χ0n) is 20.6. The number of benzene rings is 1. The molecule has 0 bridgehead atoms. The lowest BCUT2D eigenvalue weighted by molar-refractivity contribution is 0.0989. The number of anilines is 2. The first kappa shape index (κ1) is 25.6. The molecule has 0 spiro atoms. The number of likely N-dealkylation sites (N-methyl/N-ethyl adjacent to an activating group) is 1. The van der Waals surface area contributed by atoms with Crippen molar-refractivity contribution in [3.63, 3.8) is 0 Å². The molecule has 1 N–H and O–H groups in total. The van der Waals surface area contributed by atoms with Crippen LogP contribution in [0.15, 0.2) is 35.6 Å². The maximum Gasteiger partial charge on any atom is 0.407 e. The third kappa shape index (κ3) is 6.75. The first-order valence-electron chi connectivity index (χ1n) is 11.2. The van der Waals surface area contributed by atoms with Crippen LogP contribution in [-0.4, -0.2) is 66.6 Å². The van der Waals surface area contributed by atoms with E-state index in [1.807, 2.05) is 70.2 Å². The molecule has 0 aliphatic carbocycles. The van der Waals surface area contributed by atoms with E-state index in [9.17, 15) is 9.59 Å². The Balaban J connectivity index is 1.65. The van der Waals surface area contributed by atoms with Crippen LogP contribution in [0.4, 0.5) is 16.3 Å². The van der Waals surface area contributed by atoms with Gasteiger partial charge in [-0.05, 0) is 46.1 Å². The number of carbonyl (C=O) groups is 2. The summed E-state index contributed by atoms with van der Waals surface area (Å²) < 4.78 is 11.3. The van der Waals surface area contributed by atoms with Gasteiger partial charge in [-0.2, -0.15) is 0 Å². The predicted molar refractivity (Wildman–Crippen MR) is 134 cm³/mol. The lowest BCUT2D eigenvalue weighted by Gasteiger charge is -2.23. The third-order valence-corrected chi connectivity index (χ3v) is 5.69. The summed E-state index contributed by atoms with van der Waals surface area (Å²) in [5.41, 5.74) is 0.872. The second-order valence-electron chi connectivity index (χ2n) is 9.20. The number of rotatable bonds is 7. The van der Waals surface area contributed by atoms with Crippen molar-refractivity contribution in [3.05, 3.63) is 36.0 Å². The Hall–Kier alpha value is -3.01. The molecule has 1 aromatic carbocycles. The monoisotopic (exact) mass is 487 g/mol. The van der Waals surface area contributed by atoms with Crippen molar-refractivity contribution in [2.45, 2.75) is 50.9 Å². The Bertz CT molecular complexity index is 1030. The Labute approximate surface area is 205 Å². The lowest BCUT2D eigenvalue weighted by Crippen LogP contribution is -2.41. The van der Waals surface area contributed by atoms with Crippen molar-refractivity contribution in [2.24, 2.45) is 0 Å². The third-order valence-electron chi connectivity index (χ3n) is 5.13. The number of fused-ring (bicyclic) bond motifs is 1. The number of alkyl carbamates (subject to hydrolysis) is 1. The van der Waals surface area contributed by atoms with Gasteiger partial charge in [0.05, 0.1) is 12.7 Å². The van der Waals surface area contributed by atoms with E-state index in [4.69, 9.17) is 9.47 Å². The average Bonchev–Trinajstić information content (AvgIpc) is 2.89. The maximum atomic E-state index is 13.3. The molecule has 0 fully saturated rings. The molecule has 34 heavy (non-hydrogen) atoms. The molecule has 1 aliphatic heterocycles. The normalized spacial score (nSPS) is 14.8. The van der Waals surface area contributed by atoms with E-state index in [1.165, 1.54) is 11.8 Å². The molecule has 0 saturated carbocycles. The molecule has 2 aromatic rings. The van der Waals surface area contributed by atoms with Crippen LogP contribution in [0, 0.1) is 0 Å². The van der Waals surface area contributed by atoms with E-state index in [2.05, 4.69) is 15.3 Å². The van der Waals surface area contributed by atoms with Crippen LogP contribution in [0.2, 0.25) is 0 Å². The number of carbonyl (C=O) groups excluding carboxylic acids is 2. The maximum absolute atomic E-state index is 13.3. The van der Waals surface area contributed by atoms with Crippen LogP contribution in [0.25, 0.3) is 0 Å². The summed E-state index contributed by atoms with van der Waals surface area (Å²) in [7, 11) is 1.93. The van der Waals surface area contributed by atoms with Gasteiger partial charge in [0.25, 0.3) is 5.91 Å². The van der Waals surface area contributed by atoms with Gasteiger partial charge >= 0.3 is 6.09 Å². The van der Waals surface area contributed by atoms with Gasteiger partial charge in [0.2, 0.25) is 0 Å². The molecule has 2 heterocycles. The summed E-state index contributed by atoms with van der Waals surface area (Å²) in [6.07, 6.45) is 3.43. The zero-order chi connectivity index (χ0) is 24.9. The molecule has 0 radical (unpaired) electrons. The van der Waals surface area contributed by atoms with Crippen molar-refractivity contribution < 1.29 is 19.1 Å². The van der Waals surface area contributed by atoms with Gasteiger partial charge < -0.3 is 24.6 Å². The van der Waals surface area contributed by atoms with Crippen LogP contribution in [0.3, 0.4) is 0 Å². The van der Waals surface area contributed by atoms with Gasteiger partial charge in [0, 0.05) is 50.0 Å². The molecule has 9 nitrogen and oxygen atoms in total. The highest BCUT2D eigenvalue weighted by Crippen LogP contribution is 2.29. The van der Waals surface area contributed by atoms with Crippen LogP contribution in [0.1, 0.15) is 44.5 Å². The number of hydrogen-bond donors (Lipinski definition) is 1. The van der Waals surface area contributed by atoms with Crippen LogP contribution in [-0.2, 0) is 4.74 Å².